The lowest BCUT2D eigenvalue weighted by atomic mass is 9.92. The molecule has 4 rings (SSSR count). The lowest BCUT2D eigenvalue weighted by molar-refractivity contribution is 0.227. The molecule has 0 saturated carbocycles. The molecular formula is C18H23N7O. The van der Waals surface area contributed by atoms with E-state index in [-0.39, 0.29) is 18.4 Å². The van der Waals surface area contributed by atoms with Gasteiger partial charge in [0.05, 0.1) is 11.9 Å². The summed E-state index contributed by atoms with van der Waals surface area (Å²) in [7, 11) is 0. The summed E-state index contributed by atoms with van der Waals surface area (Å²) in [6.07, 6.45) is 4.00. The molecule has 1 saturated heterocycles. The molecule has 2 aromatic heterocycles. The highest BCUT2D eigenvalue weighted by Gasteiger charge is 2.36. The molecule has 1 fully saturated rings. The minimum atomic E-state index is 0.126. The first-order chi connectivity index (χ1) is 12.7. The number of aliphatic hydroxyl groups excluding tert-OH is 1. The number of tetrazole rings is 1. The van der Waals surface area contributed by atoms with Crippen molar-refractivity contribution in [1.29, 1.82) is 0 Å². The zero-order valence-corrected chi connectivity index (χ0v) is 15.0. The maximum absolute atomic E-state index is 9.90. The van der Waals surface area contributed by atoms with Crippen LogP contribution in [0, 0.1) is 5.92 Å². The first-order valence-electron chi connectivity index (χ1n) is 8.91. The van der Waals surface area contributed by atoms with Crippen molar-refractivity contribution >= 4 is 5.95 Å². The van der Waals surface area contributed by atoms with Crippen molar-refractivity contribution in [1.82, 2.24) is 30.0 Å². The highest BCUT2D eigenvalue weighted by atomic mass is 16.3. The van der Waals surface area contributed by atoms with Gasteiger partial charge in [0.1, 0.15) is 0 Å². The molecule has 0 amide bonds. The van der Waals surface area contributed by atoms with Crippen molar-refractivity contribution in [3.05, 3.63) is 48.3 Å². The van der Waals surface area contributed by atoms with Crippen LogP contribution in [0.5, 0.6) is 0 Å². The number of nitrogens with zero attached hydrogens (tertiary/aromatic N) is 7. The molecule has 1 aliphatic heterocycles. The van der Waals surface area contributed by atoms with E-state index in [4.69, 9.17) is 0 Å². The van der Waals surface area contributed by atoms with Crippen LogP contribution >= 0.6 is 0 Å². The largest absolute Gasteiger partial charge is 0.396 e. The number of aromatic nitrogens is 6. The lowest BCUT2D eigenvalue weighted by Crippen LogP contribution is -2.24. The van der Waals surface area contributed by atoms with E-state index in [0.717, 1.165) is 17.8 Å². The number of hydrogen-bond acceptors (Lipinski definition) is 6. The number of anilines is 1. The van der Waals surface area contributed by atoms with Crippen molar-refractivity contribution < 1.29 is 5.11 Å². The molecule has 0 radical (unpaired) electrons. The fourth-order valence-electron chi connectivity index (χ4n) is 3.54. The van der Waals surface area contributed by atoms with E-state index in [9.17, 15) is 5.11 Å². The Morgan fingerprint density at radius 1 is 1.19 bits per heavy atom. The Hall–Kier alpha value is -2.74. The molecule has 3 aromatic rings. The van der Waals surface area contributed by atoms with E-state index in [2.05, 4.69) is 45.6 Å². The van der Waals surface area contributed by atoms with Crippen LogP contribution in [0.25, 0.3) is 5.69 Å². The van der Waals surface area contributed by atoms with Crippen LogP contribution in [-0.4, -0.2) is 54.8 Å². The number of benzene rings is 1. The molecule has 1 N–H and O–H groups in total. The number of hydrogen-bond donors (Lipinski definition) is 1. The molecule has 0 spiro atoms. The summed E-state index contributed by atoms with van der Waals surface area (Å²) in [5.41, 5.74) is 2.07. The Kier molecular flexibility index (Phi) is 4.42. The smallest absolute Gasteiger partial charge is 0.250 e. The van der Waals surface area contributed by atoms with Crippen LogP contribution in [-0.2, 0) is 0 Å². The first-order valence-corrected chi connectivity index (χ1v) is 8.91. The molecule has 136 valence electrons. The summed E-state index contributed by atoms with van der Waals surface area (Å²) < 4.78 is 3.70. The average molecular weight is 353 g/mol. The third-order valence-electron chi connectivity index (χ3n) is 4.99. The van der Waals surface area contributed by atoms with E-state index in [0.29, 0.717) is 18.5 Å². The normalized spacial score (nSPS) is 20.2. The Morgan fingerprint density at radius 2 is 2.00 bits per heavy atom. The van der Waals surface area contributed by atoms with Crippen molar-refractivity contribution in [2.24, 2.45) is 5.92 Å². The van der Waals surface area contributed by atoms with E-state index in [1.54, 1.807) is 4.68 Å². The van der Waals surface area contributed by atoms with Gasteiger partial charge < -0.3 is 10.0 Å². The van der Waals surface area contributed by atoms with Crippen LogP contribution < -0.4 is 4.90 Å². The molecule has 1 aromatic carbocycles. The van der Waals surface area contributed by atoms with Gasteiger partial charge in [-0.15, -0.1) is 0 Å². The molecule has 0 bridgehead atoms. The van der Waals surface area contributed by atoms with Gasteiger partial charge in [0.2, 0.25) is 5.95 Å². The monoisotopic (exact) mass is 353 g/mol. The van der Waals surface area contributed by atoms with Crippen LogP contribution in [0.3, 0.4) is 0 Å². The van der Waals surface area contributed by atoms with E-state index in [1.165, 1.54) is 0 Å². The molecule has 8 nitrogen and oxygen atoms in total. The predicted octanol–water partition coefficient (Wildman–Crippen LogP) is 1.65. The van der Waals surface area contributed by atoms with Crippen LogP contribution in [0.2, 0.25) is 0 Å². The fourth-order valence-corrected chi connectivity index (χ4v) is 3.54. The van der Waals surface area contributed by atoms with Crippen LogP contribution in [0.1, 0.15) is 31.4 Å². The molecule has 1 aliphatic rings. The Bertz CT molecular complexity index is 857. The van der Waals surface area contributed by atoms with Gasteiger partial charge in [0.15, 0.2) is 0 Å². The van der Waals surface area contributed by atoms with Gasteiger partial charge >= 0.3 is 0 Å². The summed E-state index contributed by atoms with van der Waals surface area (Å²) in [6.45, 7) is 5.80. The molecular weight excluding hydrogens is 330 g/mol. The molecule has 2 atom stereocenters. The molecule has 8 heteroatoms. The molecule has 26 heavy (non-hydrogen) atoms. The topological polar surface area (TPSA) is 84.9 Å². The maximum Gasteiger partial charge on any atom is 0.250 e. The SMILES string of the molecule is CC(C)n1cc([C@@H]2CN(c3nnnn3-c3ccccc3)C[C@H]2CO)cn1. The van der Waals surface area contributed by atoms with Crippen molar-refractivity contribution in [3.63, 3.8) is 0 Å². The van der Waals surface area contributed by atoms with Crippen LogP contribution in [0.15, 0.2) is 42.7 Å². The van der Waals surface area contributed by atoms with Gasteiger partial charge in [0, 0.05) is 43.8 Å². The second-order valence-electron chi connectivity index (χ2n) is 7.03. The standard InChI is InChI=1S/C18H23N7O/c1-13(2)24-10-14(8-19-24)17-11-23(9-15(17)12-26)18-20-21-22-25(18)16-6-4-3-5-7-16/h3-8,10,13,15,17,26H,9,11-12H2,1-2H3/t15-,17-/m0/s1. The highest BCUT2D eigenvalue weighted by Crippen LogP contribution is 2.34. The van der Waals surface area contributed by atoms with Crippen molar-refractivity contribution in [2.45, 2.75) is 25.8 Å². The number of aliphatic hydroxyl groups is 1. The lowest BCUT2D eigenvalue weighted by Gasteiger charge is -2.16. The van der Waals surface area contributed by atoms with E-state index in [1.807, 2.05) is 41.2 Å². The molecule has 0 aliphatic carbocycles. The quantitative estimate of drug-likeness (QED) is 0.751. The molecule has 3 heterocycles. The van der Waals surface area contributed by atoms with E-state index >= 15 is 0 Å². The minimum absolute atomic E-state index is 0.126. The summed E-state index contributed by atoms with van der Waals surface area (Å²) in [5.74, 6) is 1.03. The maximum atomic E-state index is 9.90. The van der Waals surface area contributed by atoms with Crippen molar-refractivity contribution in [2.75, 3.05) is 24.6 Å². The van der Waals surface area contributed by atoms with E-state index < -0.39 is 0 Å². The first kappa shape index (κ1) is 16.7. The fraction of sp³-hybridized carbons (Fsp3) is 0.444. The average Bonchev–Trinajstić information content (AvgIpc) is 3.39. The van der Waals surface area contributed by atoms with Gasteiger partial charge in [0.25, 0.3) is 0 Å². The number of rotatable bonds is 5. The van der Waals surface area contributed by atoms with Crippen molar-refractivity contribution in [3.8, 4) is 5.69 Å². The van der Waals surface area contributed by atoms with Gasteiger partial charge in [-0.05, 0) is 42.0 Å². The van der Waals surface area contributed by atoms with Crippen LogP contribution in [0.4, 0.5) is 5.95 Å². The Labute approximate surface area is 152 Å². The second kappa shape index (κ2) is 6.87. The second-order valence-corrected chi connectivity index (χ2v) is 7.03. The van der Waals surface area contributed by atoms with Gasteiger partial charge in [-0.2, -0.15) is 9.78 Å². The predicted molar refractivity (Wildman–Crippen MR) is 97.3 cm³/mol. The van der Waals surface area contributed by atoms with Gasteiger partial charge in [-0.25, -0.2) is 0 Å². The summed E-state index contributed by atoms with van der Waals surface area (Å²) in [5, 5.41) is 26.6. The summed E-state index contributed by atoms with van der Waals surface area (Å²) >= 11 is 0. The zero-order valence-electron chi connectivity index (χ0n) is 15.0. The minimum Gasteiger partial charge on any atom is -0.396 e. The Morgan fingerprint density at radius 3 is 2.69 bits per heavy atom. The highest BCUT2D eigenvalue weighted by molar-refractivity contribution is 5.42. The van der Waals surface area contributed by atoms with Gasteiger partial charge in [-0.1, -0.05) is 23.3 Å². The third-order valence-corrected chi connectivity index (χ3v) is 4.99. The number of para-hydroxylation sites is 1. The Balaban J connectivity index is 1.61. The third kappa shape index (κ3) is 2.96. The summed E-state index contributed by atoms with van der Waals surface area (Å²) in [6, 6.07) is 10.2. The van der Waals surface area contributed by atoms with Gasteiger partial charge in [-0.3, -0.25) is 4.68 Å². The zero-order chi connectivity index (χ0) is 18.1. The summed E-state index contributed by atoms with van der Waals surface area (Å²) in [4.78, 5) is 2.14. The molecule has 0 unspecified atom stereocenters.